The van der Waals surface area contributed by atoms with E-state index in [-0.39, 0.29) is 0 Å². The average molecular weight is 213 g/mol. The molecular formula is C13H15N3. The van der Waals surface area contributed by atoms with Crippen molar-refractivity contribution in [3.63, 3.8) is 0 Å². The highest BCUT2D eigenvalue weighted by Gasteiger charge is 2.18. The van der Waals surface area contributed by atoms with Crippen molar-refractivity contribution < 1.29 is 0 Å². The first-order valence-electron chi connectivity index (χ1n) is 5.64. The summed E-state index contributed by atoms with van der Waals surface area (Å²) in [5.74, 6) is 0. The van der Waals surface area contributed by atoms with Gasteiger partial charge in [-0.25, -0.2) is 0 Å². The van der Waals surface area contributed by atoms with E-state index in [1.54, 1.807) is 0 Å². The van der Waals surface area contributed by atoms with Gasteiger partial charge in [-0.05, 0) is 12.5 Å². The Morgan fingerprint density at radius 3 is 2.81 bits per heavy atom. The number of rotatable bonds is 2. The molecule has 0 saturated heterocycles. The fraction of sp³-hybridized carbons (Fsp3) is 0.308. The van der Waals surface area contributed by atoms with E-state index in [4.69, 9.17) is 0 Å². The Morgan fingerprint density at radius 2 is 2.06 bits per heavy atom. The molecule has 0 atom stereocenters. The van der Waals surface area contributed by atoms with E-state index in [9.17, 15) is 0 Å². The van der Waals surface area contributed by atoms with Crippen LogP contribution in [0.2, 0.25) is 0 Å². The van der Waals surface area contributed by atoms with Crippen LogP contribution in [-0.2, 0) is 19.6 Å². The molecule has 0 unspecified atom stereocenters. The molecule has 0 amide bonds. The second-order valence-corrected chi connectivity index (χ2v) is 4.26. The minimum Gasteiger partial charge on any atom is -0.307 e. The van der Waals surface area contributed by atoms with Crippen molar-refractivity contribution in [3.8, 4) is 0 Å². The van der Waals surface area contributed by atoms with E-state index in [2.05, 4.69) is 46.3 Å². The zero-order chi connectivity index (χ0) is 11.0. The summed E-state index contributed by atoms with van der Waals surface area (Å²) >= 11 is 0. The molecule has 1 aliphatic heterocycles. The molecule has 0 aliphatic carbocycles. The highest BCUT2D eigenvalue weighted by Crippen LogP contribution is 2.19. The van der Waals surface area contributed by atoms with Gasteiger partial charge in [-0.2, -0.15) is 5.10 Å². The summed E-state index contributed by atoms with van der Waals surface area (Å²) in [5.41, 5.74) is 5.20. The van der Waals surface area contributed by atoms with Crippen molar-refractivity contribution in [3.05, 3.63) is 52.8 Å². The molecule has 0 radical (unpaired) electrons. The molecule has 0 fully saturated rings. The standard InChI is InChI=1S/C13H15N3/c1-10-12-7-14-8-13(12)15-16(10)9-11-5-3-2-4-6-11/h2-6,14H,7-9H2,1H3. The Kier molecular flexibility index (Phi) is 2.26. The maximum atomic E-state index is 4.64. The van der Waals surface area contributed by atoms with E-state index in [0.29, 0.717) is 0 Å². The molecule has 1 aromatic heterocycles. The van der Waals surface area contributed by atoms with Gasteiger partial charge in [0.25, 0.3) is 0 Å². The maximum Gasteiger partial charge on any atom is 0.0810 e. The number of aromatic nitrogens is 2. The monoisotopic (exact) mass is 213 g/mol. The Bertz CT molecular complexity index is 499. The molecule has 1 aliphatic rings. The zero-order valence-corrected chi connectivity index (χ0v) is 9.40. The fourth-order valence-electron chi connectivity index (χ4n) is 2.23. The first-order valence-corrected chi connectivity index (χ1v) is 5.64. The van der Waals surface area contributed by atoms with Crippen LogP contribution in [0.25, 0.3) is 0 Å². The highest BCUT2D eigenvalue weighted by molar-refractivity contribution is 5.29. The predicted molar refractivity (Wildman–Crippen MR) is 63.1 cm³/mol. The molecule has 2 aromatic rings. The minimum atomic E-state index is 0.875. The average Bonchev–Trinajstić information content (AvgIpc) is 2.86. The lowest BCUT2D eigenvalue weighted by atomic mass is 10.2. The number of benzene rings is 1. The maximum absolute atomic E-state index is 4.64. The van der Waals surface area contributed by atoms with Crippen LogP contribution in [0.1, 0.15) is 22.5 Å². The first kappa shape index (κ1) is 9.60. The van der Waals surface area contributed by atoms with Crippen molar-refractivity contribution in [2.75, 3.05) is 0 Å². The van der Waals surface area contributed by atoms with Gasteiger partial charge < -0.3 is 5.32 Å². The van der Waals surface area contributed by atoms with Crippen LogP contribution in [0.15, 0.2) is 30.3 Å². The van der Waals surface area contributed by atoms with Crippen LogP contribution in [0.4, 0.5) is 0 Å². The lowest BCUT2D eigenvalue weighted by Crippen LogP contribution is -2.09. The predicted octanol–water partition coefficient (Wildman–Crippen LogP) is 1.84. The second-order valence-electron chi connectivity index (χ2n) is 4.26. The molecule has 0 spiro atoms. The zero-order valence-electron chi connectivity index (χ0n) is 9.40. The Morgan fingerprint density at radius 1 is 1.25 bits per heavy atom. The summed E-state index contributed by atoms with van der Waals surface area (Å²) in [6.45, 7) is 4.91. The van der Waals surface area contributed by atoms with E-state index in [0.717, 1.165) is 19.6 Å². The van der Waals surface area contributed by atoms with Crippen molar-refractivity contribution in [1.29, 1.82) is 0 Å². The van der Waals surface area contributed by atoms with E-state index in [1.165, 1.54) is 22.5 Å². The summed E-state index contributed by atoms with van der Waals surface area (Å²) in [4.78, 5) is 0. The van der Waals surface area contributed by atoms with Crippen molar-refractivity contribution in [2.24, 2.45) is 0 Å². The molecule has 3 nitrogen and oxygen atoms in total. The third-order valence-corrected chi connectivity index (χ3v) is 3.18. The van der Waals surface area contributed by atoms with Crippen LogP contribution < -0.4 is 5.32 Å². The van der Waals surface area contributed by atoms with Gasteiger partial charge in [-0.3, -0.25) is 4.68 Å². The minimum absolute atomic E-state index is 0.875. The molecule has 0 saturated carbocycles. The van der Waals surface area contributed by atoms with Gasteiger partial charge in [0.1, 0.15) is 0 Å². The van der Waals surface area contributed by atoms with E-state index in [1.807, 2.05) is 6.07 Å². The summed E-state index contributed by atoms with van der Waals surface area (Å²) < 4.78 is 2.11. The molecule has 2 heterocycles. The molecule has 3 heteroatoms. The van der Waals surface area contributed by atoms with Crippen molar-refractivity contribution >= 4 is 0 Å². The summed E-state index contributed by atoms with van der Waals surface area (Å²) in [7, 11) is 0. The normalized spacial score (nSPS) is 14.1. The summed E-state index contributed by atoms with van der Waals surface area (Å²) in [6.07, 6.45) is 0. The summed E-state index contributed by atoms with van der Waals surface area (Å²) in [5, 5.41) is 7.96. The summed E-state index contributed by atoms with van der Waals surface area (Å²) in [6, 6.07) is 10.5. The third kappa shape index (κ3) is 1.53. The van der Waals surface area contributed by atoms with Gasteiger partial charge in [0, 0.05) is 24.3 Å². The van der Waals surface area contributed by atoms with Crippen LogP contribution >= 0.6 is 0 Å². The molecular weight excluding hydrogens is 198 g/mol. The van der Waals surface area contributed by atoms with Crippen LogP contribution in [0.3, 0.4) is 0 Å². The molecule has 82 valence electrons. The highest BCUT2D eigenvalue weighted by atomic mass is 15.3. The van der Waals surface area contributed by atoms with Gasteiger partial charge in [-0.1, -0.05) is 30.3 Å². The number of fused-ring (bicyclic) bond motifs is 1. The van der Waals surface area contributed by atoms with Crippen LogP contribution in [0.5, 0.6) is 0 Å². The number of hydrogen-bond donors (Lipinski definition) is 1. The van der Waals surface area contributed by atoms with E-state index < -0.39 is 0 Å². The van der Waals surface area contributed by atoms with Gasteiger partial charge in [0.15, 0.2) is 0 Å². The Hall–Kier alpha value is -1.61. The largest absolute Gasteiger partial charge is 0.307 e. The molecule has 3 rings (SSSR count). The lowest BCUT2D eigenvalue weighted by molar-refractivity contribution is 0.627. The number of nitrogens with one attached hydrogen (secondary N) is 1. The molecule has 16 heavy (non-hydrogen) atoms. The first-order chi connectivity index (χ1) is 7.84. The molecule has 1 N–H and O–H groups in total. The second kappa shape index (κ2) is 3.76. The molecule has 0 bridgehead atoms. The van der Waals surface area contributed by atoms with Gasteiger partial charge in [0.2, 0.25) is 0 Å². The fourth-order valence-corrected chi connectivity index (χ4v) is 2.23. The van der Waals surface area contributed by atoms with Crippen molar-refractivity contribution in [2.45, 2.75) is 26.6 Å². The number of hydrogen-bond acceptors (Lipinski definition) is 2. The SMILES string of the molecule is Cc1c2c(nn1Cc1ccccc1)CNC2. The van der Waals surface area contributed by atoms with Crippen LogP contribution in [0, 0.1) is 6.92 Å². The van der Waals surface area contributed by atoms with E-state index >= 15 is 0 Å². The van der Waals surface area contributed by atoms with Gasteiger partial charge in [0.05, 0.1) is 12.2 Å². The lowest BCUT2D eigenvalue weighted by Gasteiger charge is -2.05. The molecule has 1 aromatic carbocycles. The van der Waals surface area contributed by atoms with Crippen LogP contribution in [-0.4, -0.2) is 9.78 Å². The van der Waals surface area contributed by atoms with Crippen molar-refractivity contribution in [1.82, 2.24) is 15.1 Å². The third-order valence-electron chi connectivity index (χ3n) is 3.18. The Balaban J connectivity index is 1.91. The topological polar surface area (TPSA) is 29.9 Å². The van der Waals surface area contributed by atoms with Gasteiger partial charge >= 0.3 is 0 Å². The quantitative estimate of drug-likeness (QED) is 0.825. The Labute approximate surface area is 95.1 Å². The number of nitrogens with zero attached hydrogens (tertiary/aromatic N) is 2. The van der Waals surface area contributed by atoms with Gasteiger partial charge in [-0.15, -0.1) is 0 Å². The smallest absolute Gasteiger partial charge is 0.0810 e.